The van der Waals surface area contributed by atoms with Crippen LogP contribution in [0.4, 0.5) is 5.82 Å². The summed E-state index contributed by atoms with van der Waals surface area (Å²) in [5, 5.41) is 11.6. The molecule has 0 unspecified atom stereocenters. The number of rotatable bonds is 4. The number of hydrogen-bond donors (Lipinski definition) is 1. The van der Waals surface area contributed by atoms with E-state index in [1.807, 2.05) is 0 Å². The van der Waals surface area contributed by atoms with Crippen LogP contribution in [-0.4, -0.2) is 43.7 Å². The summed E-state index contributed by atoms with van der Waals surface area (Å²) in [6.07, 6.45) is 11.4. The van der Waals surface area contributed by atoms with Crippen molar-refractivity contribution >= 4 is 11.7 Å². The molecule has 0 atom stereocenters. The van der Waals surface area contributed by atoms with Crippen molar-refractivity contribution in [2.45, 2.75) is 51.6 Å². The van der Waals surface area contributed by atoms with Gasteiger partial charge in [0, 0.05) is 44.4 Å². The molecule has 0 bridgehead atoms. The minimum atomic E-state index is 0.0504. The number of carbonyl (C=O) groups excluding carboxylic acids is 1. The van der Waals surface area contributed by atoms with Crippen LogP contribution in [0.2, 0.25) is 0 Å². The van der Waals surface area contributed by atoms with E-state index in [9.17, 15) is 4.79 Å². The quantitative estimate of drug-likeness (QED) is 0.890. The van der Waals surface area contributed by atoms with Gasteiger partial charge in [-0.05, 0) is 25.7 Å². The van der Waals surface area contributed by atoms with E-state index >= 15 is 0 Å². The zero-order valence-electron chi connectivity index (χ0n) is 15.0. The van der Waals surface area contributed by atoms with E-state index in [0.29, 0.717) is 6.54 Å². The average Bonchev–Trinajstić information content (AvgIpc) is 2.93. The molecule has 4 heterocycles. The highest BCUT2D eigenvalue weighted by Crippen LogP contribution is 2.21. The number of piperidine rings is 1. The van der Waals surface area contributed by atoms with Crippen molar-refractivity contribution in [2.24, 2.45) is 5.92 Å². The summed E-state index contributed by atoms with van der Waals surface area (Å²) in [6, 6.07) is 0. The molecule has 0 saturated carbocycles. The second kappa shape index (κ2) is 7.80. The summed E-state index contributed by atoms with van der Waals surface area (Å²) in [6.45, 7) is 3.09. The maximum absolute atomic E-state index is 12.6. The largest absolute Gasteiger partial charge is 0.355 e. The second-order valence-electron chi connectivity index (χ2n) is 7.04. The first-order chi connectivity index (χ1) is 12.8. The Balaban J connectivity index is 1.29. The molecule has 8 nitrogen and oxygen atoms in total. The lowest BCUT2D eigenvalue weighted by molar-refractivity contribution is -0.125. The van der Waals surface area contributed by atoms with Crippen molar-refractivity contribution < 1.29 is 4.79 Å². The van der Waals surface area contributed by atoms with E-state index in [4.69, 9.17) is 0 Å². The van der Waals surface area contributed by atoms with Gasteiger partial charge in [-0.2, -0.15) is 0 Å². The lowest BCUT2D eigenvalue weighted by atomic mass is 9.96. The van der Waals surface area contributed by atoms with Gasteiger partial charge in [-0.25, -0.2) is 4.98 Å². The number of carbonyl (C=O) groups is 1. The van der Waals surface area contributed by atoms with Crippen molar-refractivity contribution in [3.8, 4) is 0 Å². The molecule has 2 aromatic rings. The van der Waals surface area contributed by atoms with Crippen molar-refractivity contribution in [3.05, 3.63) is 30.2 Å². The average molecular weight is 355 g/mol. The smallest absolute Gasteiger partial charge is 0.223 e. The highest BCUT2D eigenvalue weighted by molar-refractivity contribution is 5.78. The fraction of sp³-hybridized carbons (Fsp3) is 0.611. The van der Waals surface area contributed by atoms with E-state index in [1.54, 1.807) is 18.6 Å². The van der Waals surface area contributed by atoms with Crippen molar-refractivity contribution in [3.63, 3.8) is 0 Å². The van der Waals surface area contributed by atoms with Crippen LogP contribution in [0, 0.1) is 5.92 Å². The SMILES string of the molecule is O=C(NCc1nnc2n1CCCCC2)C1CCN(c2cnccn2)CC1. The molecule has 8 heteroatoms. The van der Waals surface area contributed by atoms with Crippen molar-refractivity contribution in [1.29, 1.82) is 0 Å². The number of nitrogens with one attached hydrogen (secondary N) is 1. The number of anilines is 1. The molecule has 1 N–H and O–H groups in total. The van der Waals surface area contributed by atoms with Crippen LogP contribution in [0.25, 0.3) is 0 Å². The lowest BCUT2D eigenvalue weighted by Crippen LogP contribution is -2.41. The Morgan fingerprint density at radius 2 is 2.00 bits per heavy atom. The van der Waals surface area contributed by atoms with Crippen LogP contribution < -0.4 is 10.2 Å². The van der Waals surface area contributed by atoms with Crippen LogP contribution in [0.3, 0.4) is 0 Å². The van der Waals surface area contributed by atoms with Crippen molar-refractivity contribution in [2.75, 3.05) is 18.0 Å². The molecule has 138 valence electrons. The Labute approximate surface area is 153 Å². The molecule has 0 aliphatic carbocycles. The predicted molar refractivity (Wildman–Crippen MR) is 96.4 cm³/mol. The Hall–Kier alpha value is -2.51. The fourth-order valence-corrected chi connectivity index (χ4v) is 3.81. The maximum Gasteiger partial charge on any atom is 0.223 e. The third kappa shape index (κ3) is 3.68. The third-order valence-electron chi connectivity index (χ3n) is 5.35. The summed E-state index contributed by atoms with van der Waals surface area (Å²) in [7, 11) is 0. The normalized spacial score (nSPS) is 18.2. The Kier molecular flexibility index (Phi) is 5.08. The molecule has 1 saturated heterocycles. The van der Waals surface area contributed by atoms with Crippen LogP contribution in [0.15, 0.2) is 18.6 Å². The number of nitrogens with zero attached hydrogens (tertiary/aromatic N) is 6. The highest BCUT2D eigenvalue weighted by Gasteiger charge is 2.26. The topological polar surface area (TPSA) is 88.8 Å². The molecule has 1 amide bonds. The number of amides is 1. The van der Waals surface area contributed by atoms with Gasteiger partial charge in [0.1, 0.15) is 11.6 Å². The second-order valence-corrected chi connectivity index (χ2v) is 7.04. The van der Waals surface area contributed by atoms with E-state index in [-0.39, 0.29) is 11.8 Å². The van der Waals surface area contributed by atoms with E-state index < -0.39 is 0 Å². The van der Waals surface area contributed by atoms with E-state index in [1.165, 1.54) is 12.8 Å². The molecule has 26 heavy (non-hydrogen) atoms. The van der Waals surface area contributed by atoms with Gasteiger partial charge in [0.2, 0.25) is 5.91 Å². The predicted octanol–water partition coefficient (Wildman–Crippen LogP) is 1.33. The molecule has 0 radical (unpaired) electrons. The number of aryl methyl sites for hydroxylation is 1. The summed E-state index contributed by atoms with van der Waals surface area (Å²) >= 11 is 0. The van der Waals surface area contributed by atoms with Gasteiger partial charge in [0.15, 0.2) is 5.82 Å². The molecular formula is C18H25N7O. The van der Waals surface area contributed by atoms with Crippen LogP contribution in [0.1, 0.15) is 43.8 Å². The lowest BCUT2D eigenvalue weighted by Gasteiger charge is -2.31. The van der Waals surface area contributed by atoms with Crippen molar-refractivity contribution in [1.82, 2.24) is 30.0 Å². The van der Waals surface area contributed by atoms with E-state index in [0.717, 1.165) is 62.8 Å². The van der Waals surface area contributed by atoms with Gasteiger partial charge in [-0.1, -0.05) is 6.42 Å². The van der Waals surface area contributed by atoms with Crippen LogP contribution in [-0.2, 0) is 24.3 Å². The Bertz CT molecular complexity index is 737. The molecule has 1 fully saturated rings. The minimum Gasteiger partial charge on any atom is -0.355 e. The zero-order valence-corrected chi connectivity index (χ0v) is 15.0. The van der Waals surface area contributed by atoms with Gasteiger partial charge in [0.25, 0.3) is 0 Å². The van der Waals surface area contributed by atoms with Crippen LogP contribution >= 0.6 is 0 Å². The van der Waals surface area contributed by atoms with Crippen LogP contribution in [0.5, 0.6) is 0 Å². The first-order valence-corrected chi connectivity index (χ1v) is 9.51. The van der Waals surface area contributed by atoms with Gasteiger partial charge < -0.3 is 14.8 Å². The Morgan fingerprint density at radius 1 is 1.12 bits per heavy atom. The summed E-state index contributed by atoms with van der Waals surface area (Å²) in [4.78, 5) is 23.2. The number of aromatic nitrogens is 5. The zero-order chi connectivity index (χ0) is 17.8. The fourth-order valence-electron chi connectivity index (χ4n) is 3.81. The molecular weight excluding hydrogens is 330 g/mol. The summed E-state index contributed by atoms with van der Waals surface area (Å²) in [5.74, 6) is 3.00. The summed E-state index contributed by atoms with van der Waals surface area (Å²) in [5.41, 5.74) is 0. The first-order valence-electron chi connectivity index (χ1n) is 9.51. The highest BCUT2D eigenvalue weighted by atomic mass is 16.1. The molecule has 2 aliphatic heterocycles. The molecule has 4 rings (SSSR count). The molecule has 0 spiro atoms. The monoisotopic (exact) mass is 355 g/mol. The standard InChI is InChI=1S/C18H25N7O/c26-18(14-5-10-24(11-6-14)16-12-19-7-8-20-16)21-13-17-23-22-15-4-2-1-3-9-25(15)17/h7-8,12,14H,1-6,9-11,13H2,(H,21,26). The van der Waals surface area contributed by atoms with Gasteiger partial charge >= 0.3 is 0 Å². The number of fused-ring (bicyclic) bond motifs is 1. The molecule has 2 aromatic heterocycles. The number of hydrogen-bond acceptors (Lipinski definition) is 6. The van der Waals surface area contributed by atoms with Gasteiger partial charge in [-0.3, -0.25) is 9.78 Å². The molecule has 0 aromatic carbocycles. The minimum absolute atomic E-state index is 0.0504. The van der Waals surface area contributed by atoms with Gasteiger partial charge in [0.05, 0.1) is 12.7 Å². The van der Waals surface area contributed by atoms with E-state index in [2.05, 4.69) is 34.9 Å². The molecule has 2 aliphatic rings. The maximum atomic E-state index is 12.6. The summed E-state index contributed by atoms with van der Waals surface area (Å²) < 4.78 is 2.18. The third-order valence-corrected chi connectivity index (χ3v) is 5.35. The van der Waals surface area contributed by atoms with Gasteiger partial charge in [-0.15, -0.1) is 10.2 Å². The Morgan fingerprint density at radius 3 is 2.81 bits per heavy atom. The first kappa shape index (κ1) is 16.9.